The Kier molecular flexibility index (Phi) is 18.3. The van der Waals surface area contributed by atoms with Crippen LogP contribution < -0.4 is 16.6 Å². The summed E-state index contributed by atoms with van der Waals surface area (Å²) in [7, 11) is 0. The largest absolute Gasteiger partial charge is 0.383 e. The van der Waals surface area contributed by atoms with Crippen molar-refractivity contribution in [2.75, 3.05) is 72.0 Å². The van der Waals surface area contributed by atoms with E-state index in [1.165, 1.54) is 18.2 Å². The number of carbonyl (C=O) groups is 6. The van der Waals surface area contributed by atoms with Crippen molar-refractivity contribution >= 4 is 35.4 Å². The number of aliphatic hydroxyl groups is 1. The minimum atomic E-state index is -1.67. The van der Waals surface area contributed by atoms with Crippen LogP contribution in [0.4, 0.5) is 8.78 Å². The molecule has 0 spiro atoms. The number of hydrazine groups is 1. The van der Waals surface area contributed by atoms with E-state index in [9.17, 15) is 33.9 Å². The molecule has 1 saturated carbocycles. The number of nitrogens with zero attached hydrogens (tertiary/aromatic N) is 5. The van der Waals surface area contributed by atoms with E-state index >= 15 is 8.78 Å². The molecule has 18 heteroatoms. The molecule has 1 aliphatic carbocycles. The third-order valence-corrected chi connectivity index (χ3v) is 16.4. The Balaban J connectivity index is 0.778. The maximum atomic E-state index is 16.5. The molecule has 8 rings (SSSR count). The average Bonchev–Trinajstić information content (AvgIpc) is 3.42. The molecule has 16 nitrogen and oxygen atoms in total. The molecule has 4 saturated heterocycles. The number of benzene rings is 3. The SMILES string of the molecule is CC(Cc1ccc(F)c(C(=O)N2CCN(C(=O)CN3CCC(OC4CCN(C(=O)[C@H](NC(=O)c5cccc([C@]6(O)CCCN(C(=O)C(C)(C)C)C6)c5F)C5CCCCC5)CC4)CC3)CC2)c1)c1ccccc1C(=O)NN. The molecule has 3 aromatic rings. The Morgan fingerprint density at radius 2 is 1.37 bits per heavy atom. The van der Waals surface area contributed by atoms with Crippen molar-refractivity contribution in [1.82, 2.24) is 35.2 Å². The van der Waals surface area contributed by atoms with Crippen LogP contribution in [-0.4, -0.2) is 155 Å². The summed E-state index contributed by atoms with van der Waals surface area (Å²) in [5.41, 5.74) is 1.54. The third-order valence-electron chi connectivity index (χ3n) is 16.4. The highest BCUT2D eigenvalue weighted by atomic mass is 19.1. The molecule has 4 aliphatic heterocycles. The molecule has 0 aromatic heterocycles. The fraction of sp³-hybridized carbons (Fsp3) is 0.586. The van der Waals surface area contributed by atoms with Crippen molar-refractivity contribution < 1.29 is 47.4 Å². The van der Waals surface area contributed by atoms with E-state index in [1.54, 1.807) is 49.9 Å². The highest BCUT2D eigenvalue weighted by Crippen LogP contribution is 2.37. The van der Waals surface area contributed by atoms with E-state index in [0.717, 1.165) is 56.1 Å². The number of ether oxygens (including phenoxy) is 1. The maximum absolute atomic E-state index is 16.5. The number of amides is 6. The van der Waals surface area contributed by atoms with Gasteiger partial charge in [-0.2, -0.15) is 0 Å². The Bertz CT molecular complexity index is 2580. The number of hydrogen-bond donors (Lipinski definition) is 4. The van der Waals surface area contributed by atoms with Crippen LogP contribution in [0.5, 0.6) is 0 Å². The molecular weight excluding hydrogens is 975 g/mol. The Hall–Kier alpha value is -5.82. The van der Waals surface area contributed by atoms with Gasteiger partial charge >= 0.3 is 0 Å². The molecular formula is C58H78F2N8O8. The second-order valence-corrected chi connectivity index (χ2v) is 22.9. The molecule has 76 heavy (non-hydrogen) atoms. The first-order valence-corrected chi connectivity index (χ1v) is 27.6. The highest BCUT2D eigenvalue weighted by Gasteiger charge is 2.43. The Labute approximate surface area is 446 Å². The lowest BCUT2D eigenvalue weighted by molar-refractivity contribution is -0.147. The summed E-state index contributed by atoms with van der Waals surface area (Å²) in [5.74, 6) is 1.87. The summed E-state index contributed by atoms with van der Waals surface area (Å²) in [4.78, 5) is 89.9. The van der Waals surface area contributed by atoms with E-state index < -0.39 is 46.4 Å². The van der Waals surface area contributed by atoms with Crippen LogP contribution in [-0.2, 0) is 31.1 Å². The predicted molar refractivity (Wildman–Crippen MR) is 283 cm³/mol. The Morgan fingerprint density at radius 1 is 0.724 bits per heavy atom. The van der Waals surface area contributed by atoms with Crippen LogP contribution in [0.1, 0.15) is 152 Å². The lowest BCUT2D eigenvalue weighted by atomic mass is 9.82. The summed E-state index contributed by atoms with van der Waals surface area (Å²) < 4.78 is 38.2. The molecule has 3 atom stereocenters. The molecule has 5 aliphatic rings. The standard InChI is InChI=1S/C58H78F2N8O8/c1-38(43-14-8-9-15-44(43)53(71)63-61)34-39-18-19-48(59)46(35-39)54(72)67-32-30-65(31-33-67)49(69)36-64-26-20-41(21-27-64)76-42-22-28-66(29-23-42)55(73)51(40-12-6-5-7-13-40)62-52(70)45-16-10-17-47(50(45)60)58(75)24-11-25-68(37-58)56(74)57(2,3)4/h8-10,14-19,35,38,40-42,51,75H,5-7,11-13,20-34,36-37,61H2,1-4H3,(H,62,70)(H,63,71)/t38?,51-,58+/m1/s1. The topological polar surface area (TPSA) is 198 Å². The molecule has 0 bridgehead atoms. The zero-order valence-corrected chi connectivity index (χ0v) is 44.8. The second-order valence-electron chi connectivity index (χ2n) is 22.9. The van der Waals surface area contributed by atoms with E-state index in [4.69, 9.17) is 10.6 Å². The number of rotatable bonds is 14. The number of halogens is 2. The molecule has 412 valence electrons. The van der Waals surface area contributed by atoms with Crippen LogP contribution in [0.3, 0.4) is 0 Å². The summed E-state index contributed by atoms with van der Waals surface area (Å²) >= 11 is 0. The fourth-order valence-corrected chi connectivity index (χ4v) is 12.1. The first kappa shape index (κ1) is 56.4. The molecule has 6 amide bonds. The van der Waals surface area contributed by atoms with Crippen molar-refractivity contribution in [1.29, 1.82) is 0 Å². The summed E-state index contributed by atoms with van der Waals surface area (Å²) in [6.07, 6.45) is 8.41. The Morgan fingerprint density at radius 3 is 2.04 bits per heavy atom. The van der Waals surface area contributed by atoms with Crippen LogP contribution >= 0.6 is 0 Å². The van der Waals surface area contributed by atoms with E-state index in [0.29, 0.717) is 77.1 Å². The average molecular weight is 1050 g/mol. The van der Waals surface area contributed by atoms with E-state index in [2.05, 4.69) is 15.6 Å². The number of carbonyl (C=O) groups excluding carboxylic acids is 6. The van der Waals surface area contributed by atoms with Gasteiger partial charge in [0.25, 0.3) is 17.7 Å². The van der Waals surface area contributed by atoms with Gasteiger partial charge in [-0.3, -0.25) is 39.1 Å². The van der Waals surface area contributed by atoms with Gasteiger partial charge in [0, 0.05) is 75.4 Å². The third kappa shape index (κ3) is 13.3. The van der Waals surface area contributed by atoms with Crippen LogP contribution in [0.15, 0.2) is 60.7 Å². The first-order chi connectivity index (χ1) is 36.3. The van der Waals surface area contributed by atoms with Gasteiger partial charge in [-0.05, 0) is 105 Å². The first-order valence-electron chi connectivity index (χ1n) is 27.6. The van der Waals surface area contributed by atoms with Crippen LogP contribution in [0.2, 0.25) is 0 Å². The van der Waals surface area contributed by atoms with Crippen LogP contribution in [0, 0.1) is 23.0 Å². The molecule has 3 aromatic carbocycles. The maximum Gasteiger partial charge on any atom is 0.265 e. The fourth-order valence-electron chi connectivity index (χ4n) is 12.1. The summed E-state index contributed by atoms with van der Waals surface area (Å²) in [6, 6.07) is 15.3. The van der Waals surface area contributed by atoms with Crippen molar-refractivity contribution in [2.24, 2.45) is 17.2 Å². The number of hydrogen-bond acceptors (Lipinski definition) is 10. The van der Waals surface area contributed by atoms with Gasteiger partial charge in [0.05, 0.1) is 36.4 Å². The predicted octanol–water partition coefficient (Wildman–Crippen LogP) is 5.91. The zero-order chi connectivity index (χ0) is 54.3. The minimum Gasteiger partial charge on any atom is -0.383 e. The number of likely N-dealkylation sites (tertiary alicyclic amines) is 3. The van der Waals surface area contributed by atoms with Gasteiger partial charge in [-0.15, -0.1) is 0 Å². The number of piperazine rings is 1. The van der Waals surface area contributed by atoms with Gasteiger partial charge < -0.3 is 34.8 Å². The van der Waals surface area contributed by atoms with Gasteiger partial charge in [-0.1, -0.05) is 83.4 Å². The highest BCUT2D eigenvalue weighted by molar-refractivity contribution is 5.98. The van der Waals surface area contributed by atoms with Gasteiger partial charge in [-0.25, -0.2) is 14.6 Å². The number of nitrogen functional groups attached to an aromatic ring is 1. The van der Waals surface area contributed by atoms with Crippen molar-refractivity contribution in [2.45, 2.75) is 135 Å². The number of nitrogens with two attached hydrogens (primary N) is 1. The van der Waals surface area contributed by atoms with Gasteiger partial charge in [0.15, 0.2) is 0 Å². The molecule has 5 N–H and O–H groups in total. The minimum absolute atomic E-state index is 0.0115. The normalized spacial score (nSPS) is 21.5. The molecule has 1 unspecified atom stereocenters. The lowest BCUT2D eigenvalue weighted by Crippen LogP contribution is -2.55. The number of piperidine rings is 3. The molecule has 5 fully saturated rings. The quantitative estimate of drug-likeness (QED) is 0.0857. The van der Waals surface area contributed by atoms with Crippen LogP contribution in [0.25, 0.3) is 0 Å². The van der Waals surface area contributed by atoms with Gasteiger partial charge in [0.2, 0.25) is 17.7 Å². The monoisotopic (exact) mass is 1050 g/mol. The van der Waals surface area contributed by atoms with E-state index in [-0.39, 0.29) is 91.1 Å². The number of β-amino-alcohol motifs (C(OH)–C–C–N with tert-alkyl or cyclic N) is 1. The second kappa shape index (κ2) is 24.7. The molecule has 0 radical (unpaired) electrons. The summed E-state index contributed by atoms with van der Waals surface area (Å²) in [5, 5.41) is 14.8. The van der Waals surface area contributed by atoms with E-state index in [1.807, 2.05) is 39.8 Å². The smallest absolute Gasteiger partial charge is 0.265 e. The zero-order valence-electron chi connectivity index (χ0n) is 44.8. The lowest BCUT2D eigenvalue weighted by Gasteiger charge is -2.42. The summed E-state index contributed by atoms with van der Waals surface area (Å²) in [6.45, 7) is 11.6. The van der Waals surface area contributed by atoms with Crippen molar-refractivity contribution in [3.63, 3.8) is 0 Å². The van der Waals surface area contributed by atoms with Crippen molar-refractivity contribution in [3.05, 3.63) is 106 Å². The van der Waals surface area contributed by atoms with Gasteiger partial charge in [0.1, 0.15) is 23.3 Å². The molecule has 4 heterocycles. The van der Waals surface area contributed by atoms with Crippen molar-refractivity contribution in [3.8, 4) is 0 Å². The number of nitrogens with one attached hydrogen (secondary N) is 2.